The highest BCUT2D eigenvalue weighted by molar-refractivity contribution is 6.04. The maximum Gasteiger partial charge on any atom is 0.294 e. The fourth-order valence-electron chi connectivity index (χ4n) is 2.09. The number of rotatable bonds is 2. The Morgan fingerprint density at radius 3 is 2.88 bits per heavy atom. The van der Waals surface area contributed by atoms with Gasteiger partial charge in [-0.2, -0.15) is 0 Å². The van der Waals surface area contributed by atoms with Crippen molar-refractivity contribution in [2.45, 2.75) is 26.2 Å². The minimum absolute atomic E-state index is 0.0310. The molecule has 88 valence electrons. The van der Waals surface area contributed by atoms with Crippen molar-refractivity contribution in [2.24, 2.45) is 0 Å². The number of aromatic nitrogens is 1. The van der Waals surface area contributed by atoms with Gasteiger partial charge in [-0.25, -0.2) is 0 Å². The van der Waals surface area contributed by atoms with Gasteiger partial charge in [0.25, 0.3) is 5.69 Å². The largest absolute Gasteiger partial charge is 0.295 e. The van der Waals surface area contributed by atoms with E-state index in [0.717, 1.165) is 12.0 Å². The molecule has 1 aromatic heterocycles. The van der Waals surface area contributed by atoms with Crippen molar-refractivity contribution in [3.05, 3.63) is 39.7 Å². The van der Waals surface area contributed by atoms with Crippen molar-refractivity contribution in [3.63, 3.8) is 0 Å². The van der Waals surface area contributed by atoms with Crippen LogP contribution in [0, 0.1) is 10.1 Å². The fourth-order valence-corrected chi connectivity index (χ4v) is 2.09. The van der Waals surface area contributed by atoms with Crippen molar-refractivity contribution < 1.29 is 9.72 Å². The molecule has 1 aliphatic carbocycles. The summed E-state index contributed by atoms with van der Waals surface area (Å²) in [5, 5.41) is 10.9. The summed E-state index contributed by atoms with van der Waals surface area (Å²) < 4.78 is 0. The number of Topliss-reactive ketones (excluding diaryl/α,β-unsaturated/α-hetero) is 1. The van der Waals surface area contributed by atoms with Crippen molar-refractivity contribution in [1.82, 2.24) is 4.98 Å². The Hall–Kier alpha value is -2.04. The number of nitro groups is 1. The first kappa shape index (κ1) is 11.4. The molecule has 1 heterocycles. The Bertz CT molecular complexity index is 520. The number of pyridine rings is 1. The van der Waals surface area contributed by atoms with Gasteiger partial charge < -0.3 is 0 Å². The van der Waals surface area contributed by atoms with Crippen molar-refractivity contribution in [1.29, 1.82) is 0 Å². The summed E-state index contributed by atoms with van der Waals surface area (Å²) in [5.41, 5.74) is 1.92. The van der Waals surface area contributed by atoms with E-state index in [4.69, 9.17) is 0 Å². The molecule has 1 aliphatic rings. The Kier molecular flexibility index (Phi) is 2.99. The molecule has 0 N–H and O–H groups in total. The van der Waals surface area contributed by atoms with Crippen molar-refractivity contribution >= 4 is 17.0 Å². The van der Waals surface area contributed by atoms with Crippen LogP contribution in [0.5, 0.6) is 0 Å². The first-order valence-corrected chi connectivity index (χ1v) is 5.43. The van der Waals surface area contributed by atoms with Gasteiger partial charge >= 0.3 is 0 Å². The predicted octanol–water partition coefficient (Wildman–Crippen LogP) is 2.52. The van der Waals surface area contributed by atoms with Crippen LogP contribution in [-0.2, 0) is 4.79 Å². The summed E-state index contributed by atoms with van der Waals surface area (Å²) >= 11 is 0. The summed E-state index contributed by atoms with van der Waals surface area (Å²) in [6, 6.07) is 1.61. The van der Waals surface area contributed by atoms with E-state index < -0.39 is 4.92 Å². The molecule has 0 aliphatic heterocycles. The lowest BCUT2D eigenvalue weighted by molar-refractivity contribution is -0.385. The molecule has 0 aromatic carbocycles. The number of ketones is 1. The average Bonchev–Trinajstić information content (AvgIpc) is 2.33. The summed E-state index contributed by atoms with van der Waals surface area (Å²) in [6.45, 7) is 1.74. The molecule has 1 aromatic rings. The number of carbonyl (C=O) groups excluding carboxylic acids is 1. The Balaban J connectivity index is 2.57. The van der Waals surface area contributed by atoms with Crippen LogP contribution in [0.2, 0.25) is 0 Å². The molecule has 0 bridgehead atoms. The number of nitrogens with zero attached hydrogens (tertiary/aromatic N) is 2. The molecule has 0 unspecified atom stereocenters. The maximum atomic E-state index is 11.6. The molecule has 0 atom stereocenters. The molecule has 5 heteroatoms. The van der Waals surface area contributed by atoms with Crippen LogP contribution in [0.25, 0.3) is 5.57 Å². The minimum Gasteiger partial charge on any atom is -0.295 e. The Morgan fingerprint density at radius 2 is 2.18 bits per heavy atom. The summed E-state index contributed by atoms with van der Waals surface area (Å²) in [4.78, 5) is 25.8. The fraction of sp³-hybridized carbons (Fsp3) is 0.333. The average molecular weight is 232 g/mol. The zero-order valence-electron chi connectivity index (χ0n) is 9.47. The third kappa shape index (κ3) is 2.08. The van der Waals surface area contributed by atoms with Gasteiger partial charge in [-0.05, 0) is 37.0 Å². The van der Waals surface area contributed by atoms with Crippen LogP contribution in [-0.4, -0.2) is 15.7 Å². The Morgan fingerprint density at radius 1 is 1.41 bits per heavy atom. The topological polar surface area (TPSA) is 73.1 Å². The Labute approximate surface area is 98.3 Å². The van der Waals surface area contributed by atoms with E-state index in [2.05, 4.69) is 4.98 Å². The van der Waals surface area contributed by atoms with Crippen LogP contribution in [0.4, 0.5) is 5.69 Å². The van der Waals surface area contributed by atoms with E-state index in [0.29, 0.717) is 24.0 Å². The van der Waals surface area contributed by atoms with Gasteiger partial charge in [0.2, 0.25) is 0 Å². The minimum atomic E-state index is -0.457. The third-order valence-electron chi connectivity index (χ3n) is 3.02. The number of carbonyl (C=O) groups is 1. The van der Waals surface area contributed by atoms with Gasteiger partial charge in [-0.1, -0.05) is 0 Å². The van der Waals surface area contributed by atoms with E-state index in [1.165, 1.54) is 12.4 Å². The molecular weight excluding hydrogens is 220 g/mol. The third-order valence-corrected chi connectivity index (χ3v) is 3.02. The second-order valence-electron chi connectivity index (χ2n) is 4.03. The summed E-state index contributed by atoms with van der Waals surface area (Å²) in [6.07, 6.45) is 4.75. The van der Waals surface area contributed by atoms with Crippen LogP contribution < -0.4 is 0 Å². The van der Waals surface area contributed by atoms with E-state index in [1.54, 1.807) is 13.0 Å². The van der Waals surface area contributed by atoms with Crippen LogP contribution in [0.15, 0.2) is 24.0 Å². The predicted molar refractivity (Wildman–Crippen MR) is 62.3 cm³/mol. The van der Waals surface area contributed by atoms with Crippen molar-refractivity contribution in [3.8, 4) is 0 Å². The van der Waals surface area contributed by atoms with Gasteiger partial charge in [-0.15, -0.1) is 0 Å². The van der Waals surface area contributed by atoms with Gasteiger partial charge in [0, 0.05) is 12.6 Å². The molecule has 0 radical (unpaired) electrons. The molecule has 2 rings (SSSR count). The summed E-state index contributed by atoms with van der Waals surface area (Å²) in [5.74, 6) is 0.0809. The molecule has 0 fully saturated rings. The highest BCUT2D eigenvalue weighted by atomic mass is 16.6. The SMILES string of the molecule is CC1=C(c2ccncc2[N+](=O)[O-])CCCC1=O. The van der Waals surface area contributed by atoms with Crippen LogP contribution >= 0.6 is 0 Å². The number of hydrogen-bond acceptors (Lipinski definition) is 4. The van der Waals surface area contributed by atoms with E-state index in [9.17, 15) is 14.9 Å². The van der Waals surface area contributed by atoms with E-state index in [1.807, 2.05) is 0 Å². The standard InChI is InChI=1S/C12H12N2O3/c1-8-9(3-2-4-12(8)15)10-5-6-13-7-11(10)14(16)17/h5-7H,2-4H2,1H3. The monoisotopic (exact) mass is 232 g/mol. The molecule has 0 spiro atoms. The molecular formula is C12H12N2O3. The number of allylic oxidation sites excluding steroid dienone is 2. The van der Waals surface area contributed by atoms with Gasteiger partial charge in [-0.3, -0.25) is 19.9 Å². The smallest absolute Gasteiger partial charge is 0.294 e. The number of hydrogen-bond donors (Lipinski definition) is 0. The van der Waals surface area contributed by atoms with Gasteiger partial charge in [0.15, 0.2) is 5.78 Å². The lowest BCUT2D eigenvalue weighted by atomic mass is 9.87. The zero-order valence-corrected chi connectivity index (χ0v) is 9.47. The molecule has 0 amide bonds. The first-order chi connectivity index (χ1) is 8.11. The molecule has 0 saturated heterocycles. The highest BCUT2D eigenvalue weighted by Crippen LogP contribution is 2.34. The summed E-state index contributed by atoms with van der Waals surface area (Å²) in [7, 11) is 0. The first-order valence-electron chi connectivity index (χ1n) is 5.43. The maximum absolute atomic E-state index is 11.6. The molecule has 5 nitrogen and oxygen atoms in total. The lowest BCUT2D eigenvalue weighted by Gasteiger charge is -2.16. The van der Waals surface area contributed by atoms with E-state index >= 15 is 0 Å². The van der Waals surface area contributed by atoms with Gasteiger partial charge in [0.05, 0.1) is 10.5 Å². The van der Waals surface area contributed by atoms with Crippen molar-refractivity contribution in [2.75, 3.05) is 0 Å². The molecule has 0 saturated carbocycles. The van der Waals surface area contributed by atoms with Crippen LogP contribution in [0.3, 0.4) is 0 Å². The lowest BCUT2D eigenvalue weighted by Crippen LogP contribution is -2.09. The second kappa shape index (κ2) is 4.45. The molecule has 17 heavy (non-hydrogen) atoms. The van der Waals surface area contributed by atoms with Gasteiger partial charge in [0.1, 0.15) is 6.20 Å². The van der Waals surface area contributed by atoms with E-state index in [-0.39, 0.29) is 11.5 Å². The normalized spacial score (nSPS) is 16.2. The second-order valence-corrected chi connectivity index (χ2v) is 4.03. The quantitative estimate of drug-likeness (QED) is 0.580. The van der Waals surface area contributed by atoms with Crippen LogP contribution in [0.1, 0.15) is 31.7 Å². The highest BCUT2D eigenvalue weighted by Gasteiger charge is 2.23. The zero-order chi connectivity index (χ0) is 12.4.